The number of nitrogens with one attached hydrogen (secondary N) is 1. The standard InChI is InChI=1S/C11H9N3O4/c1-2-3-6-9-7(11(16)13-5-12-9)4-8(10(6)15)14(17)18/h2,4-5,15H,1,3H2,(H,12,13,16). The molecule has 2 rings (SSSR count). The van der Waals surface area contributed by atoms with E-state index in [2.05, 4.69) is 16.5 Å². The number of phenolic OH excluding ortho intramolecular Hbond substituents is 1. The Morgan fingerprint density at radius 3 is 2.94 bits per heavy atom. The Balaban J connectivity index is 2.96. The fourth-order valence-corrected chi connectivity index (χ4v) is 1.73. The first-order chi connectivity index (χ1) is 8.56. The molecule has 0 fully saturated rings. The Labute approximate surface area is 101 Å². The minimum Gasteiger partial charge on any atom is -0.502 e. The van der Waals surface area contributed by atoms with E-state index in [-0.39, 0.29) is 22.9 Å². The third kappa shape index (κ3) is 1.71. The van der Waals surface area contributed by atoms with E-state index in [1.807, 2.05) is 0 Å². The molecular weight excluding hydrogens is 238 g/mol. The Bertz CT molecular complexity index is 705. The lowest BCUT2D eigenvalue weighted by Crippen LogP contribution is -2.08. The molecule has 7 heteroatoms. The van der Waals surface area contributed by atoms with Crippen molar-refractivity contribution in [3.8, 4) is 5.75 Å². The number of nitro groups is 1. The average molecular weight is 247 g/mol. The third-order valence-corrected chi connectivity index (χ3v) is 2.53. The van der Waals surface area contributed by atoms with E-state index < -0.39 is 21.9 Å². The quantitative estimate of drug-likeness (QED) is 0.482. The van der Waals surface area contributed by atoms with Crippen molar-refractivity contribution in [2.24, 2.45) is 0 Å². The molecule has 0 aliphatic carbocycles. The topological polar surface area (TPSA) is 109 Å². The molecule has 1 heterocycles. The summed E-state index contributed by atoms with van der Waals surface area (Å²) in [5.74, 6) is -0.481. The summed E-state index contributed by atoms with van der Waals surface area (Å²) in [6, 6.07) is 1.02. The molecule has 0 aliphatic rings. The van der Waals surface area contributed by atoms with Gasteiger partial charge in [0.15, 0.2) is 5.75 Å². The highest BCUT2D eigenvalue weighted by Crippen LogP contribution is 2.34. The molecule has 92 valence electrons. The number of H-pyrrole nitrogens is 1. The number of nitro benzene ring substituents is 1. The lowest BCUT2D eigenvalue weighted by atomic mass is 10.0. The molecule has 2 N–H and O–H groups in total. The van der Waals surface area contributed by atoms with Gasteiger partial charge in [-0.3, -0.25) is 14.9 Å². The summed E-state index contributed by atoms with van der Waals surface area (Å²) in [4.78, 5) is 27.9. The van der Waals surface area contributed by atoms with Crippen molar-refractivity contribution in [2.75, 3.05) is 0 Å². The monoisotopic (exact) mass is 247 g/mol. The number of allylic oxidation sites excluding steroid dienone is 1. The molecule has 18 heavy (non-hydrogen) atoms. The number of hydrogen-bond acceptors (Lipinski definition) is 5. The minimum absolute atomic E-state index is 0.0684. The van der Waals surface area contributed by atoms with Crippen LogP contribution in [0.25, 0.3) is 10.9 Å². The number of phenols is 1. The molecule has 1 aromatic carbocycles. The average Bonchev–Trinajstić information content (AvgIpc) is 2.32. The number of aromatic amines is 1. The number of hydrogen-bond donors (Lipinski definition) is 2. The van der Waals surface area contributed by atoms with E-state index >= 15 is 0 Å². The van der Waals surface area contributed by atoms with Crippen LogP contribution in [0.2, 0.25) is 0 Å². The summed E-state index contributed by atoms with van der Waals surface area (Å²) in [7, 11) is 0. The van der Waals surface area contributed by atoms with Crippen LogP contribution in [0.5, 0.6) is 5.75 Å². The second-order valence-corrected chi connectivity index (χ2v) is 3.60. The van der Waals surface area contributed by atoms with Gasteiger partial charge in [-0.25, -0.2) is 4.98 Å². The first-order valence-corrected chi connectivity index (χ1v) is 5.03. The number of benzene rings is 1. The summed E-state index contributed by atoms with van der Waals surface area (Å²) in [5.41, 5.74) is -0.548. The lowest BCUT2D eigenvalue weighted by Gasteiger charge is -2.06. The van der Waals surface area contributed by atoms with E-state index in [9.17, 15) is 20.0 Å². The maximum atomic E-state index is 11.6. The van der Waals surface area contributed by atoms with Crippen molar-refractivity contribution in [1.29, 1.82) is 0 Å². The molecule has 0 amide bonds. The molecule has 0 saturated heterocycles. The first kappa shape index (κ1) is 11.8. The maximum absolute atomic E-state index is 11.6. The van der Waals surface area contributed by atoms with Crippen LogP contribution in [0, 0.1) is 10.1 Å². The zero-order valence-electron chi connectivity index (χ0n) is 9.21. The van der Waals surface area contributed by atoms with Gasteiger partial charge in [-0.2, -0.15) is 0 Å². The van der Waals surface area contributed by atoms with Gasteiger partial charge in [0.05, 0.1) is 22.2 Å². The van der Waals surface area contributed by atoms with Gasteiger partial charge in [0.2, 0.25) is 0 Å². The smallest absolute Gasteiger partial charge is 0.311 e. The molecule has 0 bridgehead atoms. The molecule has 0 saturated carbocycles. The first-order valence-electron chi connectivity index (χ1n) is 5.03. The highest BCUT2D eigenvalue weighted by Gasteiger charge is 2.21. The zero-order valence-corrected chi connectivity index (χ0v) is 9.21. The fourth-order valence-electron chi connectivity index (χ4n) is 1.73. The second kappa shape index (κ2) is 4.28. The molecular formula is C11H9N3O4. The SMILES string of the molecule is C=CCc1c(O)c([N+](=O)[O-])cc2c(=O)[nH]cnc12. The second-order valence-electron chi connectivity index (χ2n) is 3.60. The van der Waals surface area contributed by atoms with Crippen LogP contribution in [-0.4, -0.2) is 20.0 Å². The van der Waals surface area contributed by atoms with Crippen LogP contribution >= 0.6 is 0 Å². The number of rotatable bonds is 3. The number of fused-ring (bicyclic) bond motifs is 1. The van der Waals surface area contributed by atoms with E-state index in [4.69, 9.17) is 0 Å². The number of aromatic hydroxyl groups is 1. The van der Waals surface area contributed by atoms with Crippen LogP contribution < -0.4 is 5.56 Å². The molecule has 0 radical (unpaired) electrons. The largest absolute Gasteiger partial charge is 0.502 e. The molecule has 0 aliphatic heterocycles. The van der Waals surface area contributed by atoms with E-state index in [1.165, 1.54) is 12.4 Å². The van der Waals surface area contributed by atoms with Crippen LogP contribution in [0.4, 0.5) is 5.69 Å². The fraction of sp³-hybridized carbons (Fsp3) is 0.0909. The minimum atomic E-state index is -0.742. The molecule has 0 atom stereocenters. The Morgan fingerprint density at radius 2 is 2.33 bits per heavy atom. The summed E-state index contributed by atoms with van der Waals surface area (Å²) < 4.78 is 0. The summed E-state index contributed by atoms with van der Waals surface area (Å²) in [5, 5.41) is 20.7. The Hall–Kier alpha value is -2.70. The molecule has 7 nitrogen and oxygen atoms in total. The Morgan fingerprint density at radius 1 is 1.61 bits per heavy atom. The maximum Gasteiger partial charge on any atom is 0.311 e. The van der Waals surface area contributed by atoms with Crippen molar-refractivity contribution in [2.45, 2.75) is 6.42 Å². The predicted molar refractivity (Wildman–Crippen MR) is 64.6 cm³/mol. The van der Waals surface area contributed by atoms with Gasteiger partial charge in [0.1, 0.15) is 0 Å². The van der Waals surface area contributed by atoms with Gasteiger partial charge in [-0.05, 0) is 6.42 Å². The highest BCUT2D eigenvalue weighted by molar-refractivity contribution is 5.87. The van der Waals surface area contributed by atoms with E-state index in [0.717, 1.165) is 6.07 Å². The molecule has 0 spiro atoms. The van der Waals surface area contributed by atoms with Crippen LogP contribution in [0.15, 0.2) is 29.8 Å². The third-order valence-electron chi connectivity index (χ3n) is 2.53. The van der Waals surface area contributed by atoms with Gasteiger partial charge in [-0.1, -0.05) is 6.08 Å². The normalized spacial score (nSPS) is 10.4. The summed E-state index contributed by atoms with van der Waals surface area (Å²) in [6.45, 7) is 3.51. The lowest BCUT2D eigenvalue weighted by molar-refractivity contribution is -0.385. The van der Waals surface area contributed by atoms with Gasteiger partial charge >= 0.3 is 5.69 Å². The van der Waals surface area contributed by atoms with Crippen LogP contribution in [0.1, 0.15) is 5.56 Å². The highest BCUT2D eigenvalue weighted by atomic mass is 16.6. The zero-order chi connectivity index (χ0) is 13.3. The van der Waals surface area contributed by atoms with Crippen LogP contribution in [0.3, 0.4) is 0 Å². The summed E-state index contributed by atoms with van der Waals surface area (Å²) in [6.07, 6.45) is 2.84. The van der Waals surface area contributed by atoms with Gasteiger partial charge < -0.3 is 10.1 Å². The van der Waals surface area contributed by atoms with Gasteiger partial charge in [-0.15, -0.1) is 6.58 Å². The van der Waals surface area contributed by atoms with Crippen molar-refractivity contribution < 1.29 is 10.0 Å². The Kier molecular flexibility index (Phi) is 2.80. The summed E-state index contributed by atoms with van der Waals surface area (Å²) >= 11 is 0. The number of nitrogens with zero attached hydrogens (tertiary/aromatic N) is 2. The van der Waals surface area contributed by atoms with Gasteiger partial charge in [0.25, 0.3) is 5.56 Å². The van der Waals surface area contributed by atoms with Crippen molar-refractivity contribution in [3.05, 3.63) is 51.1 Å². The van der Waals surface area contributed by atoms with Crippen molar-refractivity contribution >= 4 is 16.6 Å². The number of aromatic nitrogens is 2. The van der Waals surface area contributed by atoms with E-state index in [0.29, 0.717) is 0 Å². The van der Waals surface area contributed by atoms with Crippen LogP contribution in [-0.2, 0) is 6.42 Å². The predicted octanol–water partition coefficient (Wildman–Crippen LogP) is 1.27. The molecule has 0 unspecified atom stereocenters. The van der Waals surface area contributed by atoms with E-state index in [1.54, 1.807) is 0 Å². The molecule has 2 aromatic rings. The van der Waals surface area contributed by atoms with Crippen molar-refractivity contribution in [1.82, 2.24) is 9.97 Å². The van der Waals surface area contributed by atoms with Gasteiger partial charge in [0, 0.05) is 11.6 Å². The molecule has 1 aromatic heterocycles. The van der Waals surface area contributed by atoms with Crippen molar-refractivity contribution in [3.63, 3.8) is 0 Å².